The lowest BCUT2D eigenvalue weighted by Crippen LogP contribution is -2.17. The van der Waals surface area contributed by atoms with Crippen LogP contribution in [-0.2, 0) is 0 Å². The molecule has 2 aromatic rings. The summed E-state index contributed by atoms with van der Waals surface area (Å²) in [6.07, 6.45) is 1.52. The van der Waals surface area contributed by atoms with Crippen molar-refractivity contribution in [3.05, 3.63) is 57.0 Å². The third kappa shape index (κ3) is 3.23. The predicted molar refractivity (Wildman–Crippen MR) is 86.8 cm³/mol. The normalized spacial score (nSPS) is 12.6. The molecule has 1 aliphatic rings. The van der Waals surface area contributed by atoms with Gasteiger partial charge in [0, 0.05) is 20.6 Å². The van der Waals surface area contributed by atoms with Crippen LogP contribution in [0.3, 0.4) is 0 Å². The van der Waals surface area contributed by atoms with E-state index in [1.165, 1.54) is 6.21 Å². The molecule has 0 aliphatic carbocycles. The van der Waals surface area contributed by atoms with E-state index in [9.17, 15) is 4.79 Å². The zero-order valence-electron chi connectivity index (χ0n) is 11.2. The molecule has 5 nitrogen and oxygen atoms in total. The van der Waals surface area contributed by atoms with Crippen molar-refractivity contribution in [3.63, 3.8) is 0 Å². The molecule has 1 aliphatic heterocycles. The fraction of sp³-hybridized carbons (Fsp3) is 0.0667. The molecular weight excluding hydrogens is 372 g/mol. The topological polar surface area (TPSA) is 59.9 Å². The van der Waals surface area contributed by atoms with Crippen LogP contribution < -0.4 is 14.9 Å². The second-order valence-corrected chi connectivity index (χ2v) is 5.73. The van der Waals surface area contributed by atoms with Gasteiger partial charge in [-0.3, -0.25) is 4.79 Å². The van der Waals surface area contributed by atoms with E-state index in [0.717, 1.165) is 10.0 Å². The van der Waals surface area contributed by atoms with Crippen LogP contribution >= 0.6 is 27.5 Å². The highest BCUT2D eigenvalue weighted by molar-refractivity contribution is 9.10. The number of benzene rings is 2. The van der Waals surface area contributed by atoms with Gasteiger partial charge in [-0.1, -0.05) is 17.7 Å². The summed E-state index contributed by atoms with van der Waals surface area (Å²) in [5.74, 6) is 0.980. The SMILES string of the molecule is O=C(N/N=C\c1cc2c(cc1Br)OCO2)c1cccc(Cl)c1. The van der Waals surface area contributed by atoms with Crippen molar-refractivity contribution in [2.24, 2.45) is 5.10 Å². The van der Waals surface area contributed by atoms with E-state index in [1.807, 2.05) is 0 Å². The minimum Gasteiger partial charge on any atom is -0.454 e. The van der Waals surface area contributed by atoms with E-state index in [1.54, 1.807) is 36.4 Å². The van der Waals surface area contributed by atoms with Crippen molar-refractivity contribution in [2.45, 2.75) is 0 Å². The van der Waals surface area contributed by atoms with Gasteiger partial charge >= 0.3 is 0 Å². The number of carbonyl (C=O) groups is 1. The minimum absolute atomic E-state index is 0.202. The third-order valence-electron chi connectivity index (χ3n) is 2.95. The lowest BCUT2D eigenvalue weighted by atomic mass is 10.2. The smallest absolute Gasteiger partial charge is 0.271 e. The molecule has 0 bridgehead atoms. The number of hydrogen-bond donors (Lipinski definition) is 1. The number of nitrogens with one attached hydrogen (secondary N) is 1. The lowest BCUT2D eigenvalue weighted by Gasteiger charge is -2.02. The first kappa shape index (κ1) is 14.9. The number of fused-ring (bicyclic) bond motifs is 1. The Labute approximate surface area is 140 Å². The van der Waals surface area contributed by atoms with Crippen LogP contribution in [0.4, 0.5) is 0 Å². The van der Waals surface area contributed by atoms with Crippen molar-refractivity contribution in [2.75, 3.05) is 6.79 Å². The lowest BCUT2D eigenvalue weighted by molar-refractivity contribution is 0.0955. The Morgan fingerprint density at radius 2 is 2.05 bits per heavy atom. The summed E-state index contributed by atoms with van der Waals surface area (Å²) < 4.78 is 11.4. The first-order valence-corrected chi connectivity index (χ1v) is 7.49. The molecule has 0 saturated heterocycles. The summed E-state index contributed by atoms with van der Waals surface area (Å²) in [6.45, 7) is 0.202. The summed E-state index contributed by atoms with van der Waals surface area (Å²) in [7, 11) is 0. The van der Waals surface area contributed by atoms with Gasteiger partial charge in [-0.15, -0.1) is 0 Å². The molecule has 1 heterocycles. The van der Waals surface area contributed by atoms with Gasteiger partial charge in [-0.2, -0.15) is 5.10 Å². The van der Waals surface area contributed by atoms with E-state index < -0.39 is 0 Å². The number of rotatable bonds is 3. The highest BCUT2D eigenvalue weighted by Crippen LogP contribution is 2.36. The van der Waals surface area contributed by atoms with Gasteiger partial charge in [0.1, 0.15) is 0 Å². The van der Waals surface area contributed by atoms with E-state index in [-0.39, 0.29) is 12.7 Å². The summed E-state index contributed by atoms with van der Waals surface area (Å²) in [5, 5.41) is 4.44. The zero-order chi connectivity index (χ0) is 15.5. The molecule has 0 radical (unpaired) electrons. The first-order chi connectivity index (χ1) is 10.6. The number of halogens is 2. The van der Waals surface area contributed by atoms with Crippen molar-refractivity contribution >= 4 is 39.7 Å². The molecule has 1 N–H and O–H groups in total. The van der Waals surface area contributed by atoms with Crippen LogP contribution in [0.5, 0.6) is 11.5 Å². The molecule has 3 rings (SSSR count). The third-order valence-corrected chi connectivity index (χ3v) is 3.87. The molecule has 0 fully saturated rings. The molecule has 0 aromatic heterocycles. The van der Waals surface area contributed by atoms with Gasteiger partial charge in [0.15, 0.2) is 11.5 Å². The molecule has 0 spiro atoms. The summed E-state index contributed by atoms with van der Waals surface area (Å²) >= 11 is 9.26. The molecule has 112 valence electrons. The maximum absolute atomic E-state index is 11.9. The number of hydrogen-bond acceptors (Lipinski definition) is 4. The summed E-state index contributed by atoms with van der Waals surface area (Å²) in [5.41, 5.74) is 3.65. The standard InChI is InChI=1S/C15H10BrClN2O3/c16-12-6-14-13(21-8-22-14)5-10(12)7-18-19-15(20)9-2-1-3-11(17)4-9/h1-7H,8H2,(H,19,20)/b18-7-. The van der Waals surface area contributed by atoms with Crippen molar-refractivity contribution in [3.8, 4) is 11.5 Å². The maximum Gasteiger partial charge on any atom is 0.271 e. The molecule has 0 unspecified atom stereocenters. The first-order valence-electron chi connectivity index (χ1n) is 6.31. The van der Waals surface area contributed by atoms with Gasteiger partial charge in [-0.05, 0) is 46.3 Å². The Morgan fingerprint density at radius 1 is 1.27 bits per heavy atom. The van der Waals surface area contributed by atoms with Crippen LogP contribution in [0.25, 0.3) is 0 Å². The number of ether oxygens (including phenoxy) is 2. The summed E-state index contributed by atoms with van der Waals surface area (Å²) in [4.78, 5) is 11.9. The highest BCUT2D eigenvalue weighted by atomic mass is 79.9. The Hall–Kier alpha value is -2.05. The quantitative estimate of drug-likeness (QED) is 0.653. The van der Waals surface area contributed by atoms with Crippen molar-refractivity contribution < 1.29 is 14.3 Å². The predicted octanol–water partition coefficient (Wildman–Crippen LogP) is 3.60. The monoisotopic (exact) mass is 380 g/mol. The van der Waals surface area contributed by atoms with Gasteiger partial charge in [0.2, 0.25) is 6.79 Å². The minimum atomic E-state index is -0.337. The van der Waals surface area contributed by atoms with Crippen LogP contribution in [-0.4, -0.2) is 18.9 Å². The molecule has 1 amide bonds. The van der Waals surface area contributed by atoms with Gasteiger partial charge in [0.05, 0.1) is 6.21 Å². The zero-order valence-corrected chi connectivity index (χ0v) is 13.5. The van der Waals surface area contributed by atoms with Crippen molar-refractivity contribution in [1.82, 2.24) is 5.43 Å². The second-order valence-electron chi connectivity index (χ2n) is 4.44. The summed E-state index contributed by atoms with van der Waals surface area (Å²) in [6, 6.07) is 10.2. The second kappa shape index (κ2) is 6.37. The van der Waals surface area contributed by atoms with E-state index in [2.05, 4.69) is 26.5 Å². The fourth-order valence-electron chi connectivity index (χ4n) is 1.89. The average Bonchev–Trinajstić information content (AvgIpc) is 2.94. The Balaban J connectivity index is 1.71. The molecular formula is C15H10BrClN2O3. The molecule has 22 heavy (non-hydrogen) atoms. The van der Waals surface area contributed by atoms with Crippen LogP contribution in [0.2, 0.25) is 5.02 Å². The van der Waals surface area contributed by atoms with Gasteiger partial charge in [-0.25, -0.2) is 5.43 Å². The average molecular weight is 382 g/mol. The molecule has 0 saturated carbocycles. The molecule has 0 atom stereocenters. The van der Waals surface area contributed by atoms with E-state index in [0.29, 0.717) is 22.1 Å². The van der Waals surface area contributed by atoms with Crippen LogP contribution in [0, 0.1) is 0 Å². The fourth-order valence-corrected chi connectivity index (χ4v) is 2.50. The number of nitrogens with zero attached hydrogens (tertiary/aromatic N) is 1. The van der Waals surface area contributed by atoms with E-state index in [4.69, 9.17) is 21.1 Å². The number of carbonyl (C=O) groups excluding carboxylic acids is 1. The number of amides is 1. The maximum atomic E-state index is 11.9. The molecule has 7 heteroatoms. The highest BCUT2D eigenvalue weighted by Gasteiger charge is 2.15. The van der Waals surface area contributed by atoms with Crippen LogP contribution in [0.1, 0.15) is 15.9 Å². The van der Waals surface area contributed by atoms with Crippen LogP contribution in [0.15, 0.2) is 46.0 Å². The molecule has 2 aromatic carbocycles. The van der Waals surface area contributed by atoms with Gasteiger partial charge < -0.3 is 9.47 Å². The van der Waals surface area contributed by atoms with E-state index >= 15 is 0 Å². The Kier molecular flexibility index (Phi) is 4.31. The largest absolute Gasteiger partial charge is 0.454 e. The number of hydrazone groups is 1. The van der Waals surface area contributed by atoms with Gasteiger partial charge in [0.25, 0.3) is 5.91 Å². The Morgan fingerprint density at radius 3 is 2.82 bits per heavy atom. The Bertz CT molecular complexity index is 764. The van der Waals surface area contributed by atoms with Crippen molar-refractivity contribution in [1.29, 1.82) is 0 Å².